The number of hydrogen-bond acceptors (Lipinski definition) is 3. The molecule has 2 N–H and O–H groups in total. The number of halogens is 1. The summed E-state index contributed by atoms with van der Waals surface area (Å²) in [5.41, 5.74) is 1.90. The van der Waals surface area contributed by atoms with E-state index in [0.717, 1.165) is 56.3 Å². The quantitative estimate of drug-likeness (QED) is 0.802. The van der Waals surface area contributed by atoms with Crippen molar-refractivity contribution in [2.75, 3.05) is 13.1 Å². The van der Waals surface area contributed by atoms with E-state index in [4.69, 9.17) is 0 Å². The Kier molecular flexibility index (Phi) is 6.83. The Bertz CT molecular complexity index is 431. The number of aromatic hydroxyl groups is 2. The first-order valence-electron chi connectivity index (χ1n) is 7.44. The molecule has 0 aliphatic heterocycles. The lowest BCUT2D eigenvalue weighted by atomic mass is 9.86. The van der Waals surface area contributed by atoms with Gasteiger partial charge < -0.3 is 15.1 Å². The third-order valence-corrected chi connectivity index (χ3v) is 4.09. The van der Waals surface area contributed by atoms with Crippen molar-refractivity contribution >= 4 is 17.0 Å². The van der Waals surface area contributed by atoms with Gasteiger partial charge in [-0.1, -0.05) is 13.8 Å². The number of nitrogens with zero attached hydrogens (tertiary/aromatic N) is 1. The van der Waals surface area contributed by atoms with Crippen LogP contribution in [-0.2, 0) is 12.8 Å². The Morgan fingerprint density at radius 2 is 1.60 bits per heavy atom. The standard InChI is InChI=1S/C16H25NO2.BrH/c1-3-9-17(10-4-2)12-5-6-13-14(11-12)16(19)8-7-15(13)18;/h7-8,12,18-19H,3-6,9-11H2,1-2H3;1H. The molecule has 2 rings (SSSR count). The van der Waals surface area contributed by atoms with Gasteiger partial charge in [0.25, 0.3) is 0 Å². The van der Waals surface area contributed by atoms with Crippen molar-refractivity contribution in [2.24, 2.45) is 0 Å². The molecule has 0 aromatic heterocycles. The molecule has 0 amide bonds. The van der Waals surface area contributed by atoms with Crippen LogP contribution in [0.2, 0.25) is 0 Å². The molecule has 1 atom stereocenters. The summed E-state index contributed by atoms with van der Waals surface area (Å²) in [6.45, 7) is 6.66. The third-order valence-electron chi connectivity index (χ3n) is 4.09. The monoisotopic (exact) mass is 343 g/mol. The van der Waals surface area contributed by atoms with Crippen LogP contribution >= 0.6 is 17.0 Å². The summed E-state index contributed by atoms with van der Waals surface area (Å²) in [6.07, 6.45) is 5.12. The molecule has 0 bridgehead atoms. The second kappa shape index (κ2) is 7.89. The predicted octanol–water partition coefficient (Wildman–Crippen LogP) is 3.66. The van der Waals surface area contributed by atoms with Crippen molar-refractivity contribution in [2.45, 2.75) is 52.0 Å². The molecular formula is C16H26BrNO2. The van der Waals surface area contributed by atoms with Gasteiger partial charge in [-0.3, -0.25) is 0 Å². The van der Waals surface area contributed by atoms with E-state index in [1.54, 1.807) is 12.1 Å². The fraction of sp³-hybridized carbons (Fsp3) is 0.625. The van der Waals surface area contributed by atoms with Crippen LogP contribution in [0.15, 0.2) is 12.1 Å². The summed E-state index contributed by atoms with van der Waals surface area (Å²) < 4.78 is 0. The zero-order valence-corrected chi connectivity index (χ0v) is 14.1. The summed E-state index contributed by atoms with van der Waals surface area (Å²) in [5.74, 6) is 0.675. The van der Waals surface area contributed by atoms with Crippen LogP contribution in [0.3, 0.4) is 0 Å². The molecule has 4 heteroatoms. The van der Waals surface area contributed by atoms with Crippen LogP contribution in [-0.4, -0.2) is 34.2 Å². The molecule has 0 fully saturated rings. The summed E-state index contributed by atoms with van der Waals surface area (Å²) in [6, 6.07) is 3.71. The maximum absolute atomic E-state index is 10.0. The lowest BCUT2D eigenvalue weighted by molar-refractivity contribution is 0.178. The van der Waals surface area contributed by atoms with E-state index >= 15 is 0 Å². The molecule has 20 heavy (non-hydrogen) atoms. The summed E-state index contributed by atoms with van der Waals surface area (Å²) >= 11 is 0. The van der Waals surface area contributed by atoms with Crippen LogP contribution in [0.5, 0.6) is 11.5 Å². The van der Waals surface area contributed by atoms with Gasteiger partial charge in [-0.2, -0.15) is 0 Å². The first-order chi connectivity index (χ1) is 9.17. The lowest BCUT2D eigenvalue weighted by Gasteiger charge is -2.35. The van der Waals surface area contributed by atoms with Gasteiger partial charge in [0.1, 0.15) is 11.5 Å². The van der Waals surface area contributed by atoms with Crippen molar-refractivity contribution in [1.29, 1.82) is 0 Å². The van der Waals surface area contributed by atoms with Crippen molar-refractivity contribution in [3.8, 4) is 11.5 Å². The number of phenolic OH excluding ortho intramolecular Hbond substituents is 2. The van der Waals surface area contributed by atoms with Gasteiger partial charge in [-0.05, 0) is 57.3 Å². The van der Waals surface area contributed by atoms with E-state index in [0.29, 0.717) is 17.5 Å². The van der Waals surface area contributed by atoms with Gasteiger partial charge in [0.15, 0.2) is 0 Å². The second-order valence-electron chi connectivity index (χ2n) is 5.49. The van der Waals surface area contributed by atoms with Crippen molar-refractivity contribution in [1.82, 2.24) is 4.90 Å². The first-order valence-corrected chi connectivity index (χ1v) is 7.44. The molecule has 1 unspecified atom stereocenters. The van der Waals surface area contributed by atoms with E-state index in [-0.39, 0.29) is 17.0 Å². The molecule has 0 spiro atoms. The number of phenols is 2. The fourth-order valence-electron chi connectivity index (χ4n) is 3.19. The first kappa shape index (κ1) is 17.3. The number of rotatable bonds is 5. The normalized spacial score (nSPS) is 17.6. The van der Waals surface area contributed by atoms with Crippen LogP contribution < -0.4 is 0 Å². The average molecular weight is 344 g/mol. The van der Waals surface area contributed by atoms with Gasteiger partial charge in [0.05, 0.1) is 0 Å². The van der Waals surface area contributed by atoms with Crippen molar-refractivity contribution in [3.05, 3.63) is 23.3 Å². The highest BCUT2D eigenvalue weighted by atomic mass is 79.9. The van der Waals surface area contributed by atoms with Crippen molar-refractivity contribution in [3.63, 3.8) is 0 Å². The second-order valence-corrected chi connectivity index (χ2v) is 5.49. The average Bonchev–Trinajstić information content (AvgIpc) is 2.42. The Morgan fingerprint density at radius 3 is 2.15 bits per heavy atom. The van der Waals surface area contributed by atoms with Gasteiger partial charge in [-0.25, -0.2) is 0 Å². The molecule has 3 nitrogen and oxygen atoms in total. The predicted molar refractivity (Wildman–Crippen MR) is 88.1 cm³/mol. The maximum Gasteiger partial charge on any atom is 0.119 e. The van der Waals surface area contributed by atoms with Gasteiger partial charge in [0.2, 0.25) is 0 Å². The van der Waals surface area contributed by atoms with Gasteiger partial charge in [-0.15, -0.1) is 17.0 Å². The summed E-state index contributed by atoms with van der Waals surface area (Å²) in [7, 11) is 0. The van der Waals surface area contributed by atoms with E-state index in [1.807, 2.05) is 0 Å². The van der Waals surface area contributed by atoms with Crippen molar-refractivity contribution < 1.29 is 10.2 Å². The molecule has 1 aromatic carbocycles. The summed E-state index contributed by atoms with van der Waals surface area (Å²) in [5, 5.41) is 19.9. The highest BCUT2D eigenvalue weighted by molar-refractivity contribution is 8.93. The van der Waals surface area contributed by atoms with E-state index in [2.05, 4.69) is 18.7 Å². The largest absolute Gasteiger partial charge is 0.508 e. The number of fused-ring (bicyclic) bond motifs is 1. The third kappa shape index (κ3) is 3.67. The van der Waals surface area contributed by atoms with E-state index in [1.165, 1.54) is 0 Å². The Hall–Kier alpha value is -0.740. The lowest BCUT2D eigenvalue weighted by Crippen LogP contribution is -2.40. The Balaban J connectivity index is 0.00000200. The van der Waals surface area contributed by atoms with E-state index < -0.39 is 0 Å². The topological polar surface area (TPSA) is 43.7 Å². The molecule has 0 radical (unpaired) electrons. The molecular weight excluding hydrogens is 318 g/mol. The van der Waals surface area contributed by atoms with Crippen LogP contribution in [0, 0.1) is 0 Å². The summed E-state index contributed by atoms with van der Waals surface area (Å²) in [4.78, 5) is 2.53. The zero-order chi connectivity index (χ0) is 13.8. The molecule has 1 aliphatic rings. The highest BCUT2D eigenvalue weighted by Gasteiger charge is 2.26. The zero-order valence-electron chi connectivity index (χ0n) is 12.4. The van der Waals surface area contributed by atoms with Crippen LogP contribution in [0.25, 0.3) is 0 Å². The molecule has 0 saturated heterocycles. The SMILES string of the molecule is Br.CCCN(CCC)C1CCc2c(O)ccc(O)c2C1. The van der Waals surface area contributed by atoms with Crippen LogP contribution in [0.4, 0.5) is 0 Å². The minimum atomic E-state index is 0. The van der Waals surface area contributed by atoms with Crippen LogP contribution in [0.1, 0.15) is 44.2 Å². The minimum Gasteiger partial charge on any atom is -0.508 e. The molecule has 0 saturated carbocycles. The van der Waals surface area contributed by atoms with E-state index in [9.17, 15) is 10.2 Å². The van der Waals surface area contributed by atoms with Gasteiger partial charge in [0, 0.05) is 17.2 Å². The maximum atomic E-state index is 10.0. The smallest absolute Gasteiger partial charge is 0.119 e. The fourth-order valence-corrected chi connectivity index (χ4v) is 3.19. The minimum absolute atomic E-state index is 0. The molecule has 1 aromatic rings. The molecule has 1 aliphatic carbocycles. The van der Waals surface area contributed by atoms with Gasteiger partial charge >= 0.3 is 0 Å². The highest BCUT2D eigenvalue weighted by Crippen LogP contribution is 2.36. The Labute approximate surface area is 132 Å². The molecule has 0 heterocycles. The Morgan fingerprint density at radius 1 is 1.05 bits per heavy atom. The number of hydrogen-bond donors (Lipinski definition) is 2. The molecule has 114 valence electrons. The number of benzene rings is 1.